The van der Waals surface area contributed by atoms with Gasteiger partial charge in [0, 0.05) is 25.5 Å². The number of nitrogens with zero attached hydrogens (tertiary/aromatic N) is 2. The van der Waals surface area contributed by atoms with Crippen LogP contribution in [0.5, 0.6) is 0 Å². The summed E-state index contributed by atoms with van der Waals surface area (Å²) in [6.07, 6.45) is 0.810. The molecule has 2 aromatic rings. The van der Waals surface area contributed by atoms with Crippen LogP contribution in [0.15, 0.2) is 22.7 Å². The molecule has 1 heterocycles. The maximum atomic E-state index is 13.1. The van der Waals surface area contributed by atoms with E-state index in [-0.39, 0.29) is 24.4 Å². The minimum Gasteiger partial charge on any atom is -0.354 e. The highest BCUT2D eigenvalue weighted by molar-refractivity contribution is 5.88. The predicted molar refractivity (Wildman–Crippen MR) is 88.1 cm³/mol. The topological polar surface area (TPSA) is 97.1 Å². The smallest absolute Gasteiger partial charge is 0.242 e. The molecule has 0 radical (unpaired) electrons. The first kappa shape index (κ1) is 19.5. The zero-order valence-electron chi connectivity index (χ0n) is 14.5. The molecular formula is C17H20F2N4O3. The molecule has 1 aromatic carbocycles. The van der Waals surface area contributed by atoms with Crippen LogP contribution in [0.25, 0.3) is 0 Å². The van der Waals surface area contributed by atoms with E-state index in [4.69, 9.17) is 4.52 Å². The minimum atomic E-state index is -0.796. The lowest BCUT2D eigenvalue weighted by Gasteiger charge is -2.14. The number of carbonyl (C=O) groups excluding carboxylic acids is 2. The summed E-state index contributed by atoms with van der Waals surface area (Å²) >= 11 is 0. The fraction of sp³-hybridized carbons (Fsp3) is 0.412. The summed E-state index contributed by atoms with van der Waals surface area (Å²) in [5.74, 6) is -1.40. The summed E-state index contributed by atoms with van der Waals surface area (Å²) in [4.78, 5) is 28.0. The van der Waals surface area contributed by atoms with Crippen molar-refractivity contribution in [1.29, 1.82) is 0 Å². The quantitative estimate of drug-likeness (QED) is 0.734. The average Bonchev–Trinajstić information content (AvgIpc) is 3.01. The number of aryl methyl sites for hydroxylation is 1. The molecule has 2 amide bonds. The number of benzene rings is 1. The Kier molecular flexibility index (Phi) is 6.76. The molecule has 0 unspecified atom stereocenters. The average molecular weight is 366 g/mol. The van der Waals surface area contributed by atoms with E-state index < -0.39 is 23.6 Å². The summed E-state index contributed by atoms with van der Waals surface area (Å²) in [6, 6.07) is 2.07. The van der Waals surface area contributed by atoms with Crippen LogP contribution in [0, 0.1) is 11.6 Å². The SMILES string of the molecule is CCc1noc(CCNC(=O)[C@H](C)NC(=O)Cc2cc(F)cc(F)c2)n1. The Balaban J connectivity index is 1.75. The summed E-state index contributed by atoms with van der Waals surface area (Å²) in [5.41, 5.74) is 0.190. The monoisotopic (exact) mass is 366 g/mol. The van der Waals surface area contributed by atoms with Gasteiger partial charge in [-0.15, -0.1) is 0 Å². The number of carbonyl (C=O) groups is 2. The van der Waals surface area contributed by atoms with Gasteiger partial charge in [0.2, 0.25) is 17.7 Å². The normalized spacial score (nSPS) is 11.8. The van der Waals surface area contributed by atoms with Crippen LogP contribution in [0.4, 0.5) is 8.78 Å². The molecule has 1 aromatic heterocycles. The molecular weight excluding hydrogens is 346 g/mol. The molecule has 0 saturated heterocycles. The van der Waals surface area contributed by atoms with Crippen LogP contribution in [-0.4, -0.2) is 34.5 Å². The van der Waals surface area contributed by atoms with Gasteiger partial charge in [0.1, 0.15) is 17.7 Å². The van der Waals surface area contributed by atoms with Crippen LogP contribution >= 0.6 is 0 Å². The molecule has 1 atom stereocenters. The molecule has 0 aliphatic heterocycles. The number of hydrogen-bond acceptors (Lipinski definition) is 5. The van der Waals surface area contributed by atoms with Gasteiger partial charge in [-0.1, -0.05) is 12.1 Å². The van der Waals surface area contributed by atoms with E-state index in [0.29, 0.717) is 24.6 Å². The lowest BCUT2D eigenvalue weighted by Crippen LogP contribution is -2.45. The van der Waals surface area contributed by atoms with Crippen molar-refractivity contribution in [3.8, 4) is 0 Å². The highest BCUT2D eigenvalue weighted by atomic mass is 19.1. The largest absolute Gasteiger partial charge is 0.354 e. The van der Waals surface area contributed by atoms with Crippen LogP contribution in [0.1, 0.15) is 31.1 Å². The van der Waals surface area contributed by atoms with E-state index in [1.165, 1.54) is 6.92 Å². The van der Waals surface area contributed by atoms with Gasteiger partial charge >= 0.3 is 0 Å². The minimum absolute atomic E-state index is 0.190. The first-order valence-electron chi connectivity index (χ1n) is 8.21. The molecule has 0 bridgehead atoms. The van der Waals surface area contributed by atoms with Crippen LogP contribution < -0.4 is 10.6 Å². The van der Waals surface area contributed by atoms with Crippen LogP contribution in [0.3, 0.4) is 0 Å². The van der Waals surface area contributed by atoms with Gasteiger partial charge in [0.15, 0.2) is 5.82 Å². The van der Waals surface area contributed by atoms with Gasteiger partial charge in [-0.2, -0.15) is 4.98 Å². The zero-order valence-corrected chi connectivity index (χ0v) is 14.5. The number of halogens is 2. The molecule has 0 spiro atoms. The summed E-state index contributed by atoms with van der Waals surface area (Å²) in [7, 11) is 0. The molecule has 140 valence electrons. The summed E-state index contributed by atoms with van der Waals surface area (Å²) in [5, 5.41) is 8.88. The predicted octanol–water partition coefficient (Wildman–Crippen LogP) is 1.32. The first-order valence-corrected chi connectivity index (χ1v) is 8.21. The Morgan fingerprint density at radius 1 is 1.23 bits per heavy atom. The lowest BCUT2D eigenvalue weighted by atomic mass is 10.1. The van der Waals surface area contributed by atoms with Gasteiger partial charge in [0.05, 0.1) is 6.42 Å². The van der Waals surface area contributed by atoms with E-state index in [2.05, 4.69) is 20.8 Å². The maximum absolute atomic E-state index is 13.1. The second kappa shape index (κ2) is 9.02. The molecule has 0 fully saturated rings. The van der Waals surface area contributed by atoms with Crippen molar-refractivity contribution in [3.63, 3.8) is 0 Å². The Labute approximate surface area is 149 Å². The zero-order chi connectivity index (χ0) is 19.1. The summed E-state index contributed by atoms with van der Waals surface area (Å²) in [6.45, 7) is 3.69. The molecule has 9 heteroatoms. The Morgan fingerprint density at radius 3 is 2.54 bits per heavy atom. The van der Waals surface area contributed by atoms with E-state index in [1.807, 2.05) is 6.92 Å². The first-order chi connectivity index (χ1) is 12.4. The number of rotatable bonds is 8. The van der Waals surface area contributed by atoms with E-state index >= 15 is 0 Å². The molecule has 2 rings (SSSR count). The van der Waals surface area contributed by atoms with Crippen molar-refractivity contribution in [1.82, 2.24) is 20.8 Å². The number of aromatic nitrogens is 2. The number of amides is 2. The van der Waals surface area contributed by atoms with E-state index in [1.54, 1.807) is 0 Å². The molecule has 2 N–H and O–H groups in total. The maximum Gasteiger partial charge on any atom is 0.242 e. The highest BCUT2D eigenvalue weighted by Crippen LogP contribution is 2.08. The fourth-order valence-electron chi connectivity index (χ4n) is 2.24. The van der Waals surface area contributed by atoms with Crippen LogP contribution in [0.2, 0.25) is 0 Å². The van der Waals surface area contributed by atoms with Gasteiger partial charge in [-0.05, 0) is 24.6 Å². The van der Waals surface area contributed by atoms with Crippen molar-refractivity contribution in [2.45, 2.75) is 39.2 Å². The van der Waals surface area contributed by atoms with Crippen molar-refractivity contribution in [2.24, 2.45) is 0 Å². The Hall–Kier alpha value is -2.84. The molecule has 0 aliphatic rings. The Bertz CT molecular complexity index is 759. The van der Waals surface area contributed by atoms with E-state index in [9.17, 15) is 18.4 Å². The van der Waals surface area contributed by atoms with Crippen molar-refractivity contribution >= 4 is 11.8 Å². The third-order valence-corrected chi connectivity index (χ3v) is 3.52. The van der Waals surface area contributed by atoms with Crippen LogP contribution in [-0.2, 0) is 28.9 Å². The van der Waals surface area contributed by atoms with E-state index in [0.717, 1.165) is 18.2 Å². The Morgan fingerprint density at radius 2 is 1.92 bits per heavy atom. The fourth-order valence-corrected chi connectivity index (χ4v) is 2.24. The van der Waals surface area contributed by atoms with Gasteiger partial charge in [0.25, 0.3) is 0 Å². The number of nitrogens with one attached hydrogen (secondary N) is 2. The molecule has 0 aliphatic carbocycles. The highest BCUT2D eigenvalue weighted by Gasteiger charge is 2.16. The standard InChI is InChI=1S/C17H20F2N4O3/c1-3-14-22-16(26-23-14)4-5-20-17(25)10(2)21-15(24)8-11-6-12(18)9-13(19)7-11/h6-7,9-10H,3-5,8H2,1-2H3,(H,20,25)(H,21,24)/t10-/m0/s1. The molecule has 26 heavy (non-hydrogen) atoms. The summed E-state index contributed by atoms with van der Waals surface area (Å²) < 4.78 is 31.2. The van der Waals surface area contributed by atoms with Gasteiger partial charge < -0.3 is 15.2 Å². The third kappa shape index (κ3) is 5.91. The number of hydrogen-bond donors (Lipinski definition) is 2. The van der Waals surface area contributed by atoms with Crippen molar-refractivity contribution in [3.05, 3.63) is 47.1 Å². The van der Waals surface area contributed by atoms with Crippen molar-refractivity contribution in [2.75, 3.05) is 6.54 Å². The molecule has 0 saturated carbocycles. The second-order valence-corrected chi connectivity index (χ2v) is 5.74. The second-order valence-electron chi connectivity index (χ2n) is 5.74. The molecule has 7 nitrogen and oxygen atoms in total. The van der Waals surface area contributed by atoms with Gasteiger partial charge in [-0.25, -0.2) is 8.78 Å². The van der Waals surface area contributed by atoms with Gasteiger partial charge in [-0.3, -0.25) is 9.59 Å². The third-order valence-electron chi connectivity index (χ3n) is 3.52. The van der Waals surface area contributed by atoms with Crippen molar-refractivity contribution < 1.29 is 22.9 Å². The lowest BCUT2D eigenvalue weighted by molar-refractivity contribution is -0.128.